The van der Waals surface area contributed by atoms with Crippen molar-refractivity contribution in [1.82, 2.24) is 0 Å². The minimum Gasteiger partial charge on any atom is -0.460 e. The van der Waals surface area contributed by atoms with Crippen molar-refractivity contribution in [2.24, 2.45) is 28.6 Å². The van der Waals surface area contributed by atoms with Gasteiger partial charge in [0.15, 0.2) is 0 Å². The maximum atomic E-state index is 13.1. The van der Waals surface area contributed by atoms with Crippen LogP contribution in [0, 0.1) is 28.6 Å². The van der Waals surface area contributed by atoms with Crippen LogP contribution < -0.4 is 0 Å². The van der Waals surface area contributed by atoms with Gasteiger partial charge in [-0.1, -0.05) is 57.4 Å². The van der Waals surface area contributed by atoms with Crippen molar-refractivity contribution in [3.63, 3.8) is 0 Å². The first-order valence-electron chi connectivity index (χ1n) is 11.2. The topological polar surface area (TPSA) is 52.6 Å². The van der Waals surface area contributed by atoms with Crippen LogP contribution in [0.5, 0.6) is 0 Å². The first-order chi connectivity index (χ1) is 12.8. The lowest BCUT2D eigenvalue weighted by molar-refractivity contribution is -0.219. The SMILES string of the molecule is C.C.C.C.CCC(CC(C)C(=O)OC(C)(C)C)C(=O)OC12CC3CC(C)(CC(C)(C3)C1)C2. The Kier molecular flexibility index (Phi) is 11.3. The third-order valence-corrected chi connectivity index (χ3v) is 7.17. The summed E-state index contributed by atoms with van der Waals surface area (Å²) < 4.78 is 11.8. The molecule has 0 spiro atoms. The molecule has 4 aliphatic rings. The van der Waals surface area contributed by atoms with Crippen LogP contribution >= 0.6 is 0 Å². The van der Waals surface area contributed by atoms with Gasteiger partial charge < -0.3 is 9.47 Å². The molecule has 0 amide bonds. The standard InChI is InChI=1S/C24H40O4.4CH4/c1-8-18(9-16(2)19(25)27-21(3,4)5)20(26)28-24-12-17-10-22(6,14-24)13-23(7,11-17)15-24;;;;/h16-18H,8-15H2,1-7H3;4*1H4. The van der Waals surface area contributed by atoms with E-state index in [0.29, 0.717) is 29.6 Å². The van der Waals surface area contributed by atoms with Crippen LogP contribution in [0.4, 0.5) is 0 Å². The average molecular weight is 457 g/mol. The first-order valence-corrected chi connectivity index (χ1v) is 11.2. The van der Waals surface area contributed by atoms with Gasteiger partial charge in [0, 0.05) is 0 Å². The minimum atomic E-state index is -0.502. The summed E-state index contributed by atoms with van der Waals surface area (Å²) in [6.07, 6.45) is 8.08. The van der Waals surface area contributed by atoms with E-state index in [9.17, 15) is 9.59 Å². The second kappa shape index (κ2) is 10.9. The zero-order chi connectivity index (χ0) is 21.0. The molecule has 192 valence electrons. The molecule has 4 fully saturated rings. The van der Waals surface area contributed by atoms with Crippen molar-refractivity contribution in [2.75, 3.05) is 0 Å². The summed E-state index contributed by atoms with van der Waals surface area (Å²) in [4.78, 5) is 25.5. The van der Waals surface area contributed by atoms with E-state index in [-0.39, 0.29) is 59.1 Å². The molecule has 0 aromatic rings. The van der Waals surface area contributed by atoms with Gasteiger partial charge in [-0.05, 0) is 88.9 Å². The van der Waals surface area contributed by atoms with Crippen molar-refractivity contribution in [3.8, 4) is 0 Å². The molecule has 4 bridgehead atoms. The Bertz CT molecular complexity index is 614. The first kappa shape index (κ1) is 33.1. The molecule has 4 rings (SSSR count). The van der Waals surface area contributed by atoms with Crippen LogP contribution in [0.2, 0.25) is 0 Å². The van der Waals surface area contributed by atoms with Gasteiger partial charge in [-0.25, -0.2) is 0 Å². The fourth-order valence-corrected chi connectivity index (χ4v) is 7.11. The van der Waals surface area contributed by atoms with Crippen LogP contribution in [-0.2, 0) is 19.1 Å². The van der Waals surface area contributed by atoms with Crippen LogP contribution in [-0.4, -0.2) is 23.1 Å². The van der Waals surface area contributed by atoms with Crippen molar-refractivity contribution in [2.45, 2.75) is 141 Å². The molecule has 4 atom stereocenters. The molecule has 0 N–H and O–H groups in total. The summed E-state index contributed by atoms with van der Waals surface area (Å²) in [6, 6.07) is 0. The molecule has 32 heavy (non-hydrogen) atoms. The number of carbonyl (C=O) groups is 2. The van der Waals surface area contributed by atoms with E-state index >= 15 is 0 Å². The van der Waals surface area contributed by atoms with E-state index in [1.807, 2.05) is 34.6 Å². The maximum absolute atomic E-state index is 13.1. The van der Waals surface area contributed by atoms with Crippen molar-refractivity contribution in [1.29, 1.82) is 0 Å². The molecule has 0 heterocycles. The van der Waals surface area contributed by atoms with Gasteiger partial charge in [-0.3, -0.25) is 9.59 Å². The number of ether oxygens (including phenoxy) is 2. The summed E-state index contributed by atoms with van der Waals surface area (Å²) >= 11 is 0. The number of hydrogen-bond donors (Lipinski definition) is 0. The minimum absolute atomic E-state index is 0. The van der Waals surface area contributed by atoms with Gasteiger partial charge in [0.05, 0.1) is 11.8 Å². The van der Waals surface area contributed by atoms with Crippen LogP contribution in [0.3, 0.4) is 0 Å². The lowest BCUT2D eigenvalue weighted by Crippen LogP contribution is -2.60. The molecule has 4 nitrogen and oxygen atoms in total. The number of esters is 2. The molecule has 4 aliphatic carbocycles. The molecule has 0 saturated heterocycles. The van der Waals surface area contributed by atoms with E-state index in [2.05, 4.69) is 13.8 Å². The highest BCUT2D eigenvalue weighted by Gasteiger charge is 2.62. The largest absolute Gasteiger partial charge is 0.460 e. The molecular formula is C28H56O4. The smallest absolute Gasteiger partial charge is 0.309 e. The molecule has 4 heteroatoms. The number of carbonyl (C=O) groups excluding carboxylic acids is 2. The third kappa shape index (κ3) is 7.22. The Balaban J connectivity index is 0. The second-order valence-electron chi connectivity index (χ2n) is 12.0. The predicted octanol–water partition coefficient (Wildman–Crippen LogP) is 8.22. The second-order valence-corrected chi connectivity index (χ2v) is 12.0. The van der Waals surface area contributed by atoms with Gasteiger partial charge in [-0.2, -0.15) is 0 Å². The van der Waals surface area contributed by atoms with Gasteiger partial charge in [0.2, 0.25) is 0 Å². The number of hydrogen-bond acceptors (Lipinski definition) is 4. The molecule has 0 aromatic heterocycles. The number of rotatable bonds is 6. The van der Waals surface area contributed by atoms with E-state index in [4.69, 9.17) is 9.47 Å². The summed E-state index contributed by atoms with van der Waals surface area (Å²) in [7, 11) is 0. The maximum Gasteiger partial charge on any atom is 0.309 e. The monoisotopic (exact) mass is 456 g/mol. The Morgan fingerprint density at radius 1 is 0.906 bits per heavy atom. The quantitative estimate of drug-likeness (QED) is 0.378. The molecule has 4 saturated carbocycles. The van der Waals surface area contributed by atoms with Gasteiger partial charge >= 0.3 is 11.9 Å². The zero-order valence-corrected chi connectivity index (χ0v) is 19.0. The Morgan fingerprint density at radius 2 is 1.41 bits per heavy atom. The highest BCUT2D eigenvalue weighted by Crippen LogP contribution is 2.67. The summed E-state index contributed by atoms with van der Waals surface area (Å²) in [6.45, 7) is 14.3. The Morgan fingerprint density at radius 3 is 1.81 bits per heavy atom. The van der Waals surface area contributed by atoms with E-state index in [1.54, 1.807) is 0 Å². The average Bonchev–Trinajstić information content (AvgIpc) is 2.46. The summed E-state index contributed by atoms with van der Waals surface area (Å²) in [5.41, 5.74) is -0.139. The van der Waals surface area contributed by atoms with Crippen LogP contribution in [0.25, 0.3) is 0 Å². The molecule has 0 radical (unpaired) electrons. The lowest BCUT2D eigenvalue weighted by atomic mass is 9.43. The molecular weight excluding hydrogens is 400 g/mol. The zero-order valence-electron chi connectivity index (χ0n) is 19.0. The summed E-state index contributed by atoms with van der Waals surface area (Å²) in [5.74, 6) is -0.181. The van der Waals surface area contributed by atoms with E-state index in [1.165, 1.54) is 19.3 Å². The van der Waals surface area contributed by atoms with Gasteiger partial charge in [0.1, 0.15) is 11.2 Å². The van der Waals surface area contributed by atoms with Crippen molar-refractivity contribution < 1.29 is 19.1 Å². The third-order valence-electron chi connectivity index (χ3n) is 7.17. The normalized spacial score (nSPS) is 33.9. The van der Waals surface area contributed by atoms with Crippen molar-refractivity contribution >= 4 is 11.9 Å². The Hall–Kier alpha value is -1.06. The van der Waals surface area contributed by atoms with Gasteiger partial charge in [0.25, 0.3) is 0 Å². The highest BCUT2D eigenvalue weighted by atomic mass is 16.6. The van der Waals surface area contributed by atoms with E-state index < -0.39 is 5.60 Å². The lowest BCUT2D eigenvalue weighted by Gasteiger charge is -2.64. The predicted molar refractivity (Wildman–Crippen MR) is 137 cm³/mol. The fourth-order valence-electron chi connectivity index (χ4n) is 7.11. The summed E-state index contributed by atoms with van der Waals surface area (Å²) in [5, 5.41) is 0. The van der Waals surface area contributed by atoms with E-state index in [0.717, 1.165) is 19.3 Å². The van der Waals surface area contributed by atoms with Crippen molar-refractivity contribution in [3.05, 3.63) is 0 Å². The Labute approximate surface area is 200 Å². The van der Waals surface area contributed by atoms with Crippen LogP contribution in [0.15, 0.2) is 0 Å². The highest BCUT2D eigenvalue weighted by molar-refractivity contribution is 5.76. The fraction of sp³-hybridized carbons (Fsp3) is 0.929. The molecule has 0 aromatic carbocycles. The molecule has 0 aliphatic heterocycles. The molecule has 4 unspecified atom stereocenters. The van der Waals surface area contributed by atoms with Crippen LogP contribution in [0.1, 0.15) is 130 Å². The van der Waals surface area contributed by atoms with Gasteiger partial charge in [-0.15, -0.1) is 0 Å².